The molecule has 0 atom stereocenters. The van der Waals surface area contributed by atoms with Gasteiger partial charge in [0.1, 0.15) is 0 Å². The molecule has 0 aliphatic carbocycles. The van der Waals surface area contributed by atoms with Gasteiger partial charge in [-0.25, -0.2) is 9.97 Å². The molecule has 0 fully saturated rings. The van der Waals surface area contributed by atoms with Gasteiger partial charge in [-0.3, -0.25) is 0 Å². The number of benzene rings is 9. The summed E-state index contributed by atoms with van der Waals surface area (Å²) in [6, 6.07) is 70.5. The first-order valence-electron chi connectivity index (χ1n) is 20.7. The van der Waals surface area contributed by atoms with E-state index in [1.54, 1.807) is 11.3 Å². The maximum atomic E-state index is 5.37. The van der Waals surface area contributed by atoms with Crippen molar-refractivity contribution in [3.63, 3.8) is 0 Å². The standard InChI is InChI=1S/C56H32N4S/c1-2-12-33(13-3-1)34-22-24-35(25-23-34)51-55-52(42-18-8-11-21-49(42)61-55)58-56(57-51)36-26-28-39(29-27-36)59-48-31-38-15-5-4-14-37(38)30-43(48)45-32-44-40-16-6-9-19-46(40)60-47-20-10-7-17-41(47)50(53(45)59)54(44)60/h1-32H. The quantitative estimate of drug-likeness (QED) is 0.178. The second-order valence-electron chi connectivity index (χ2n) is 16.1. The van der Waals surface area contributed by atoms with Crippen LogP contribution in [0.15, 0.2) is 194 Å². The summed E-state index contributed by atoms with van der Waals surface area (Å²) in [7, 11) is 0. The summed E-state index contributed by atoms with van der Waals surface area (Å²) in [5.74, 6) is 0.719. The van der Waals surface area contributed by atoms with Crippen molar-refractivity contribution in [1.29, 1.82) is 0 Å². The lowest BCUT2D eigenvalue weighted by atomic mass is 10.0. The van der Waals surface area contributed by atoms with Gasteiger partial charge in [0, 0.05) is 59.2 Å². The minimum Gasteiger partial charge on any atom is -0.309 e. The van der Waals surface area contributed by atoms with Crippen LogP contribution in [0.3, 0.4) is 0 Å². The lowest BCUT2D eigenvalue weighted by Gasteiger charge is -2.12. The van der Waals surface area contributed by atoms with Crippen molar-refractivity contribution in [1.82, 2.24) is 18.9 Å². The molecule has 0 aliphatic heterocycles. The van der Waals surface area contributed by atoms with E-state index >= 15 is 0 Å². The largest absolute Gasteiger partial charge is 0.309 e. The van der Waals surface area contributed by atoms with Crippen molar-refractivity contribution in [3.05, 3.63) is 194 Å². The third kappa shape index (κ3) is 4.64. The zero-order valence-electron chi connectivity index (χ0n) is 32.7. The normalized spacial score (nSPS) is 12.3. The number of hydrogen-bond donors (Lipinski definition) is 0. The van der Waals surface area contributed by atoms with Gasteiger partial charge in [0.15, 0.2) is 5.82 Å². The number of aromatic nitrogens is 4. The van der Waals surface area contributed by atoms with E-state index in [0.29, 0.717) is 0 Å². The Hall–Kier alpha value is -7.86. The zero-order valence-corrected chi connectivity index (χ0v) is 33.5. The monoisotopic (exact) mass is 792 g/mol. The third-order valence-corrected chi connectivity index (χ3v) is 14.0. The van der Waals surface area contributed by atoms with Gasteiger partial charge in [-0.2, -0.15) is 0 Å². The summed E-state index contributed by atoms with van der Waals surface area (Å²) in [6.07, 6.45) is 0. The molecule has 5 aromatic heterocycles. The Morgan fingerprint density at radius 3 is 1.80 bits per heavy atom. The van der Waals surface area contributed by atoms with Gasteiger partial charge in [0.2, 0.25) is 0 Å². The molecule has 0 amide bonds. The number of nitrogens with zero attached hydrogens (tertiary/aromatic N) is 4. The molecule has 0 spiro atoms. The average molecular weight is 793 g/mol. The second-order valence-corrected chi connectivity index (χ2v) is 17.2. The molecule has 5 heterocycles. The molecule has 61 heavy (non-hydrogen) atoms. The van der Waals surface area contributed by atoms with Gasteiger partial charge >= 0.3 is 0 Å². The molecule has 4 nitrogen and oxygen atoms in total. The van der Waals surface area contributed by atoms with Crippen LogP contribution in [0.1, 0.15) is 0 Å². The molecule has 14 rings (SSSR count). The van der Waals surface area contributed by atoms with Crippen LogP contribution < -0.4 is 0 Å². The van der Waals surface area contributed by atoms with E-state index in [-0.39, 0.29) is 0 Å². The summed E-state index contributed by atoms with van der Waals surface area (Å²) in [5.41, 5.74) is 13.6. The third-order valence-electron chi connectivity index (χ3n) is 12.8. The maximum absolute atomic E-state index is 5.37. The fourth-order valence-electron chi connectivity index (χ4n) is 10.1. The fourth-order valence-corrected chi connectivity index (χ4v) is 11.2. The number of rotatable bonds is 4. The summed E-state index contributed by atoms with van der Waals surface area (Å²) in [5, 5.41) is 11.2. The lowest BCUT2D eigenvalue weighted by Crippen LogP contribution is -1.96. The van der Waals surface area contributed by atoms with E-state index < -0.39 is 0 Å². The Bertz CT molecular complexity index is 4080. The van der Waals surface area contributed by atoms with Crippen LogP contribution in [0.5, 0.6) is 0 Å². The Kier molecular flexibility index (Phi) is 6.68. The zero-order chi connectivity index (χ0) is 39.8. The topological polar surface area (TPSA) is 35.1 Å². The van der Waals surface area contributed by atoms with Gasteiger partial charge in [0.05, 0.1) is 43.5 Å². The Morgan fingerprint density at radius 1 is 0.393 bits per heavy atom. The van der Waals surface area contributed by atoms with Gasteiger partial charge < -0.3 is 8.97 Å². The Balaban J connectivity index is 1.01. The fraction of sp³-hybridized carbons (Fsp3) is 0. The summed E-state index contributed by atoms with van der Waals surface area (Å²) in [4.78, 5) is 10.7. The molecule has 0 aliphatic rings. The number of para-hydroxylation sites is 2. The van der Waals surface area contributed by atoms with Gasteiger partial charge in [0.25, 0.3) is 0 Å². The molecule has 0 N–H and O–H groups in total. The van der Waals surface area contributed by atoms with Crippen molar-refractivity contribution in [2.24, 2.45) is 0 Å². The van der Waals surface area contributed by atoms with Gasteiger partial charge in [-0.05, 0) is 82.6 Å². The van der Waals surface area contributed by atoms with Gasteiger partial charge in [-0.15, -0.1) is 11.3 Å². The number of thiophene rings is 1. The Labute approximate surface area is 353 Å². The van der Waals surface area contributed by atoms with Crippen molar-refractivity contribution in [2.45, 2.75) is 0 Å². The number of fused-ring (bicyclic) bond motifs is 14. The molecule has 14 aromatic rings. The molecular weight excluding hydrogens is 761 g/mol. The van der Waals surface area contributed by atoms with E-state index in [9.17, 15) is 0 Å². The summed E-state index contributed by atoms with van der Waals surface area (Å²) < 4.78 is 7.29. The maximum Gasteiger partial charge on any atom is 0.160 e. The highest BCUT2D eigenvalue weighted by atomic mass is 32.1. The molecule has 0 saturated heterocycles. The molecule has 0 unspecified atom stereocenters. The van der Waals surface area contributed by atoms with Crippen molar-refractivity contribution in [2.75, 3.05) is 0 Å². The highest BCUT2D eigenvalue weighted by molar-refractivity contribution is 7.26. The first-order valence-corrected chi connectivity index (χ1v) is 21.6. The van der Waals surface area contributed by atoms with Crippen molar-refractivity contribution >= 4 is 102 Å². The summed E-state index contributed by atoms with van der Waals surface area (Å²) in [6.45, 7) is 0. The second kappa shape index (κ2) is 12.3. The van der Waals surface area contributed by atoms with Gasteiger partial charge in [-0.1, -0.05) is 133 Å². The predicted molar refractivity (Wildman–Crippen MR) is 258 cm³/mol. The average Bonchev–Trinajstić information content (AvgIpc) is 4.06. The first kappa shape index (κ1) is 33.0. The minimum absolute atomic E-state index is 0.719. The predicted octanol–water partition coefficient (Wildman–Crippen LogP) is 15.2. The highest BCUT2D eigenvalue weighted by Gasteiger charge is 2.25. The van der Waals surface area contributed by atoms with E-state index in [2.05, 4.69) is 203 Å². The molecule has 5 heteroatoms. The molecular formula is C56H32N4S. The van der Waals surface area contributed by atoms with Crippen LogP contribution >= 0.6 is 11.3 Å². The molecule has 282 valence electrons. The molecule has 9 aromatic carbocycles. The van der Waals surface area contributed by atoms with Crippen LogP contribution in [-0.4, -0.2) is 18.9 Å². The van der Waals surface area contributed by atoms with Crippen LogP contribution in [0.2, 0.25) is 0 Å². The smallest absolute Gasteiger partial charge is 0.160 e. The molecule has 0 bridgehead atoms. The first-order chi connectivity index (χ1) is 30.2. The van der Waals surface area contributed by atoms with E-state index in [1.165, 1.54) is 86.5 Å². The molecule has 0 radical (unpaired) electrons. The van der Waals surface area contributed by atoms with Crippen LogP contribution in [0.25, 0.3) is 130 Å². The number of hydrogen-bond acceptors (Lipinski definition) is 3. The minimum atomic E-state index is 0.719. The SMILES string of the molecule is c1ccc(-c2ccc(-c3nc(-c4ccc(-n5c6cc7ccccc7cc6c6cc7c8ccccc8n8c9ccccc9c(c65)c78)cc4)nc4c3sc3ccccc34)cc2)cc1. The van der Waals surface area contributed by atoms with Crippen molar-refractivity contribution < 1.29 is 0 Å². The Morgan fingerprint density at radius 2 is 1.00 bits per heavy atom. The van der Waals surface area contributed by atoms with Crippen LogP contribution in [0.4, 0.5) is 0 Å². The van der Waals surface area contributed by atoms with Crippen LogP contribution in [0, 0.1) is 0 Å². The highest BCUT2D eigenvalue weighted by Crippen LogP contribution is 2.47. The summed E-state index contributed by atoms with van der Waals surface area (Å²) >= 11 is 1.77. The lowest BCUT2D eigenvalue weighted by molar-refractivity contribution is 1.18. The van der Waals surface area contributed by atoms with E-state index in [0.717, 1.165) is 43.9 Å². The van der Waals surface area contributed by atoms with E-state index in [4.69, 9.17) is 9.97 Å². The molecule has 0 saturated carbocycles. The van der Waals surface area contributed by atoms with Crippen molar-refractivity contribution in [3.8, 4) is 39.5 Å². The van der Waals surface area contributed by atoms with E-state index in [1.807, 2.05) is 0 Å². The van der Waals surface area contributed by atoms with Crippen LogP contribution in [-0.2, 0) is 0 Å².